The molecule has 2 atom stereocenters. The van der Waals surface area contributed by atoms with Gasteiger partial charge < -0.3 is 0 Å². The molecular formula is C19H24O2S. The monoisotopic (exact) mass is 316 g/mol. The summed E-state index contributed by atoms with van der Waals surface area (Å²) in [6, 6.07) is 5.93. The Balaban J connectivity index is 2.12. The first-order chi connectivity index (χ1) is 10.2. The Kier molecular flexibility index (Phi) is 3.59. The molecule has 1 aromatic carbocycles. The maximum atomic E-state index is 13.1. The first kappa shape index (κ1) is 15.5. The molecule has 2 unspecified atom stereocenters. The number of fused-ring (bicyclic) bond motifs is 2. The van der Waals surface area contributed by atoms with Crippen molar-refractivity contribution < 1.29 is 8.42 Å². The zero-order chi connectivity index (χ0) is 16.1. The predicted molar refractivity (Wildman–Crippen MR) is 90.7 cm³/mol. The first-order valence-electron chi connectivity index (χ1n) is 7.99. The lowest BCUT2D eigenvalue weighted by molar-refractivity contribution is 0.495. The molecule has 1 heterocycles. The normalized spacial score (nSPS) is 26.1. The van der Waals surface area contributed by atoms with Crippen LogP contribution in [-0.4, -0.2) is 13.7 Å². The van der Waals surface area contributed by atoms with Gasteiger partial charge in [-0.25, -0.2) is 8.42 Å². The maximum Gasteiger partial charge on any atom is 0.185 e. The Labute approximate surface area is 133 Å². The SMILES string of the molecule is CCc1ccc2c(c1)S(=O)(=O)C1C=C(C(C)(C)C)C=CC1C2. The van der Waals surface area contributed by atoms with Crippen LogP contribution in [0.25, 0.3) is 0 Å². The quantitative estimate of drug-likeness (QED) is 0.781. The fourth-order valence-electron chi connectivity index (χ4n) is 3.35. The standard InChI is InChI=1S/C19H24O2S/c1-5-13-6-7-14-11-15-8-9-16(19(2,3)4)12-18(15)22(20,21)17(14)10-13/h6-10,12,15,18H,5,11H2,1-4H3. The second-order valence-electron chi connectivity index (χ2n) is 7.40. The molecule has 0 fully saturated rings. The van der Waals surface area contributed by atoms with Crippen molar-refractivity contribution in [2.24, 2.45) is 11.3 Å². The van der Waals surface area contributed by atoms with Gasteiger partial charge in [-0.05, 0) is 41.0 Å². The summed E-state index contributed by atoms with van der Waals surface area (Å²) in [4.78, 5) is 0.549. The van der Waals surface area contributed by atoms with Crippen LogP contribution in [0.3, 0.4) is 0 Å². The lowest BCUT2D eigenvalue weighted by atomic mass is 9.80. The summed E-state index contributed by atoms with van der Waals surface area (Å²) < 4.78 is 26.2. The second kappa shape index (κ2) is 5.09. The Morgan fingerprint density at radius 1 is 1.23 bits per heavy atom. The van der Waals surface area contributed by atoms with Crippen molar-refractivity contribution in [3.8, 4) is 0 Å². The molecule has 0 aromatic heterocycles. The number of benzene rings is 1. The average Bonchev–Trinajstić information content (AvgIpc) is 2.46. The van der Waals surface area contributed by atoms with Crippen molar-refractivity contribution in [1.29, 1.82) is 0 Å². The van der Waals surface area contributed by atoms with E-state index in [9.17, 15) is 8.42 Å². The Morgan fingerprint density at radius 3 is 2.59 bits per heavy atom. The minimum Gasteiger partial charge on any atom is -0.223 e. The Hall–Kier alpha value is -1.35. The topological polar surface area (TPSA) is 34.1 Å². The maximum absolute atomic E-state index is 13.1. The molecule has 0 amide bonds. The smallest absolute Gasteiger partial charge is 0.185 e. The highest BCUT2D eigenvalue weighted by molar-refractivity contribution is 7.92. The van der Waals surface area contributed by atoms with Crippen LogP contribution >= 0.6 is 0 Å². The van der Waals surface area contributed by atoms with Gasteiger partial charge in [0.25, 0.3) is 0 Å². The number of hydrogen-bond donors (Lipinski definition) is 0. The summed E-state index contributed by atoms with van der Waals surface area (Å²) in [5.74, 6) is 0.0658. The second-order valence-corrected chi connectivity index (χ2v) is 9.48. The lowest BCUT2D eigenvalue weighted by Gasteiger charge is -2.34. The highest BCUT2D eigenvalue weighted by Crippen LogP contribution is 2.40. The molecule has 1 aliphatic carbocycles. The Morgan fingerprint density at radius 2 is 1.95 bits per heavy atom. The molecule has 1 aliphatic heterocycles. The predicted octanol–water partition coefficient (Wildman–Crippen LogP) is 4.11. The van der Waals surface area contributed by atoms with Gasteiger partial charge in [0.1, 0.15) is 0 Å². The molecule has 3 heteroatoms. The van der Waals surface area contributed by atoms with Crippen molar-refractivity contribution in [3.05, 3.63) is 53.1 Å². The molecule has 3 rings (SSSR count). The van der Waals surface area contributed by atoms with Crippen molar-refractivity contribution in [2.45, 2.75) is 50.7 Å². The molecule has 0 spiro atoms. The number of rotatable bonds is 1. The van der Waals surface area contributed by atoms with Gasteiger partial charge in [-0.15, -0.1) is 0 Å². The van der Waals surface area contributed by atoms with Crippen LogP contribution in [0, 0.1) is 11.3 Å². The largest absolute Gasteiger partial charge is 0.223 e. The van der Waals surface area contributed by atoms with E-state index in [2.05, 4.69) is 45.9 Å². The van der Waals surface area contributed by atoms with Crippen LogP contribution in [0.2, 0.25) is 0 Å². The zero-order valence-corrected chi connectivity index (χ0v) is 14.6. The van der Waals surface area contributed by atoms with Gasteiger partial charge >= 0.3 is 0 Å². The van der Waals surface area contributed by atoms with E-state index < -0.39 is 15.1 Å². The fraction of sp³-hybridized carbons (Fsp3) is 0.474. The molecular weight excluding hydrogens is 292 g/mol. The molecule has 0 radical (unpaired) electrons. The van der Waals surface area contributed by atoms with Crippen LogP contribution in [0.1, 0.15) is 38.8 Å². The summed E-state index contributed by atoms with van der Waals surface area (Å²) in [6.07, 6.45) is 7.87. The van der Waals surface area contributed by atoms with Crippen LogP contribution in [0.15, 0.2) is 46.9 Å². The number of allylic oxidation sites excluding steroid dienone is 3. The molecule has 0 N–H and O–H groups in total. The first-order valence-corrected chi connectivity index (χ1v) is 9.54. The van der Waals surface area contributed by atoms with Gasteiger partial charge in [-0.3, -0.25) is 0 Å². The molecule has 2 aliphatic rings. The van der Waals surface area contributed by atoms with E-state index in [1.54, 1.807) is 0 Å². The van der Waals surface area contributed by atoms with Gasteiger partial charge in [-0.2, -0.15) is 0 Å². The fourth-order valence-corrected chi connectivity index (χ4v) is 5.45. The molecule has 0 saturated heterocycles. The van der Waals surface area contributed by atoms with Crippen molar-refractivity contribution >= 4 is 9.84 Å². The van der Waals surface area contributed by atoms with Gasteiger partial charge in [-0.1, -0.05) is 58.1 Å². The summed E-state index contributed by atoms with van der Waals surface area (Å²) in [6.45, 7) is 8.44. The highest BCUT2D eigenvalue weighted by Gasteiger charge is 2.40. The molecule has 118 valence electrons. The van der Waals surface area contributed by atoms with E-state index in [4.69, 9.17) is 0 Å². The minimum absolute atomic E-state index is 0.0253. The number of hydrogen-bond acceptors (Lipinski definition) is 2. The van der Waals surface area contributed by atoms with Crippen molar-refractivity contribution in [2.75, 3.05) is 0 Å². The molecule has 2 nitrogen and oxygen atoms in total. The minimum atomic E-state index is -3.30. The van der Waals surface area contributed by atoms with E-state index in [1.165, 1.54) is 0 Å². The lowest BCUT2D eigenvalue weighted by Crippen LogP contribution is -2.36. The summed E-state index contributed by atoms with van der Waals surface area (Å²) in [5.41, 5.74) is 3.15. The Bertz CT molecular complexity index is 761. The number of sulfone groups is 1. The van der Waals surface area contributed by atoms with E-state index in [1.807, 2.05) is 18.2 Å². The van der Waals surface area contributed by atoms with E-state index in [0.29, 0.717) is 4.90 Å². The summed E-state index contributed by atoms with van der Waals surface area (Å²) in [7, 11) is -3.30. The van der Waals surface area contributed by atoms with Gasteiger partial charge in [0.05, 0.1) is 10.1 Å². The van der Waals surface area contributed by atoms with Crippen LogP contribution in [-0.2, 0) is 22.7 Å². The molecule has 1 aromatic rings. The third kappa shape index (κ3) is 2.45. The van der Waals surface area contributed by atoms with E-state index in [0.717, 1.165) is 29.5 Å². The number of aryl methyl sites for hydroxylation is 1. The van der Waals surface area contributed by atoms with Gasteiger partial charge in [0, 0.05) is 5.92 Å². The highest BCUT2D eigenvalue weighted by atomic mass is 32.2. The van der Waals surface area contributed by atoms with E-state index >= 15 is 0 Å². The molecule has 0 bridgehead atoms. The molecule has 0 saturated carbocycles. The third-order valence-corrected chi connectivity index (χ3v) is 7.01. The van der Waals surface area contributed by atoms with Crippen LogP contribution in [0.5, 0.6) is 0 Å². The van der Waals surface area contributed by atoms with Crippen LogP contribution < -0.4 is 0 Å². The zero-order valence-electron chi connectivity index (χ0n) is 13.8. The molecule has 22 heavy (non-hydrogen) atoms. The van der Waals surface area contributed by atoms with E-state index in [-0.39, 0.29) is 11.3 Å². The summed E-state index contributed by atoms with van der Waals surface area (Å²) in [5, 5.41) is -0.411. The van der Waals surface area contributed by atoms with Gasteiger partial charge in [0.15, 0.2) is 9.84 Å². The van der Waals surface area contributed by atoms with Gasteiger partial charge in [0.2, 0.25) is 0 Å². The summed E-state index contributed by atoms with van der Waals surface area (Å²) >= 11 is 0. The average molecular weight is 316 g/mol. The van der Waals surface area contributed by atoms with Crippen LogP contribution in [0.4, 0.5) is 0 Å². The third-order valence-electron chi connectivity index (χ3n) is 4.82. The van der Waals surface area contributed by atoms with Crippen molar-refractivity contribution in [3.63, 3.8) is 0 Å². The van der Waals surface area contributed by atoms with Crippen molar-refractivity contribution in [1.82, 2.24) is 0 Å².